The molecule has 0 spiro atoms. The number of rotatable bonds is 4. The Bertz CT molecular complexity index is 667. The van der Waals surface area contributed by atoms with Crippen LogP contribution in [-0.2, 0) is 11.3 Å². The molecule has 3 atom stereocenters. The fourth-order valence-corrected chi connectivity index (χ4v) is 4.54. The van der Waals surface area contributed by atoms with Crippen LogP contribution in [0.5, 0.6) is 0 Å². The average molecular weight is 331 g/mol. The van der Waals surface area contributed by atoms with Crippen molar-refractivity contribution in [2.45, 2.75) is 50.4 Å². The van der Waals surface area contributed by atoms with E-state index in [1.165, 1.54) is 24.1 Å². The summed E-state index contributed by atoms with van der Waals surface area (Å²) in [7, 11) is 0. The first-order valence-corrected chi connectivity index (χ1v) is 9.46. The van der Waals surface area contributed by atoms with Crippen molar-refractivity contribution in [1.82, 2.24) is 15.1 Å². The van der Waals surface area contributed by atoms with E-state index in [0.29, 0.717) is 23.8 Å². The SMILES string of the molecule is c1csc(CN2CC[C@@H]3C[C@@H](c4nnc(C5CC5)o4)O[C@H]3C2)c1. The van der Waals surface area contributed by atoms with Gasteiger partial charge in [0.2, 0.25) is 11.8 Å². The third kappa shape index (κ3) is 2.84. The van der Waals surface area contributed by atoms with Crippen LogP contribution in [0.25, 0.3) is 0 Å². The molecule has 1 saturated carbocycles. The van der Waals surface area contributed by atoms with Gasteiger partial charge in [0.25, 0.3) is 0 Å². The molecule has 5 rings (SSSR count). The van der Waals surface area contributed by atoms with E-state index in [1.807, 2.05) is 11.3 Å². The number of thiophene rings is 1. The summed E-state index contributed by atoms with van der Waals surface area (Å²) in [5.41, 5.74) is 0. The molecule has 23 heavy (non-hydrogen) atoms. The zero-order valence-electron chi connectivity index (χ0n) is 13.1. The van der Waals surface area contributed by atoms with E-state index < -0.39 is 0 Å². The predicted octanol–water partition coefficient (Wildman–Crippen LogP) is 3.36. The van der Waals surface area contributed by atoms with Gasteiger partial charge in [-0.15, -0.1) is 21.5 Å². The lowest BCUT2D eigenvalue weighted by molar-refractivity contribution is -0.0175. The van der Waals surface area contributed by atoms with Gasteiger partial charge in [-0.3, -0.25) is 4.90 Å². The van der Waals surface area contributed by atoms with Crippen molar-refractivity contribution in [3.05, 3.63) is 34.2 Å². The molecule has 3 aliphatic rings. The van der Waals surface area contributed by atoms with Crippen molar-refractivity contribution in [3.63, 3.8) is 0 Å². The van der Waals surface area contributed by atoms with E-state index in [0.717, 1.165) is 31.9 Å². The smallest absolute Gasteiger partial charge is 0.245 e. The molecule has 0 bridgehead atoms. The molecule has 0 radical (unpaired) electrons. The third-order valence-corrected chi connectivity index (χ3v) is 6.11. The second-order valence-corrected chi connectivity index (χ2v) is 8.05. The molecule has 4 heterocycles. The summed E-state index contributed by atoms with van der Waals surface area (Å²) in [6.45, 7) is 3.22. The van der Waals surface area contributed by atoms with Crippen LogP contribution in [0.2, 0.25) is 0 Å². The van der Waals surface area contributed by atoms with Crippen molar-refractivity contribution >= 4 is 11.3 Å². The Hall–Kier alpha value is -1.24. The maximum Gasteiger partial charge on any atom is 0.245 e. The fourth-order valence-electron chi connectivity index (χ4n) is 3.79. The molecule has 0 N–H and O–H groups in total. The Balaban J connectivity index is 1.23. The van der Waals surface area contributed by atoms with Gasteiger partial charge in [0, 0.05) is 23.9 Å². The van der Waals surface area contributed by atoms with Crippen molar-refractivity contribution in [3.8, 4) is 0 Å². The fraction of sp³-hybridized carbons (Fsp3) is 0.647. The van der Waals surface area contributed by atoms with Gasteiger partial charge in [0.05, 0.1) is 6.10 Å². The van der Waals surface area contributed by atoms with Gasteiger partial charge in [-0.05, 0) is 49.6 Å². The molecule has 2 aliphatic heterocycles. The molecule has 2 aromatic rings. The zero-order chi connectivity index (χ0) is 15.2. The highest BCUT2D eigenvalue weighted by molar-refractivity contribution is 7.09. The largest absolute Gasteiger partial charge is 0.422 e. The van der Waals surface area contributed by atoms with Gasteiger partial charge in [0.1, 0.15) is 6.10 Å². The summed E-state index contributed by atoms with van der Waals surface area (Å²) < 4.78 is 12.1. The summed E-state index contributed by atoms with van der Waals surface area (Å²) in [5, 5.41) is 10.6. The Morgan fingerprint density at radius 2 is 2.13 bits per heavy atom. The highest BCUT2D eigenvalue weighted by atomic mass is 32.1. The van der Waals surface area contributed by atoms with Gasteiger partial charge in [-0.25, -0.2) is 0 Å². The van der Waals surface area contributed by atoms with Crippen LogP contribution in [0.1, 0.15) is 54.4 Å². The molecule has 3 fully saturated rings. The van der Waals surface area contributed by atoms with Crippen molar-refractivity contribution in [2.24, 2.45) is 5.92 Å². The Labute approximate surface area is 139 Å². The number of hydrogen-bond acceptors (Lipinski definition) is 6. The molecule has 1 aliphatic carbocycles. The molecule has 2 aromatic heterocycles. The number of ether oxygens (including phenoxy) is 1. The number of fused-ring (bicyclic) bond motifs is 1. The van der Waals surface area contributed by atoms with Crippen molar-refractivity contribution in [2.75, 3.05) is 13.1 Å². The summed E-state index contributed by atoms with van der Waals surface area (Å²) in [4.78, 5) is 3.95. The topological polar surface area (TPSA) is 51.4 Å². The van der Waals surface area contributed by atoms with Crippen LogP contribution in [0.4, 0.5) is 0 Å². The minimum atomic E-state index is 0.00619. The molecule has 0 aromatic carbocycles. The lowest BCUT2D eigenvalue weighted by Gasteiger charge is -2.33. The normalized spacial score (nSPS) is 31.4. The first kappa shape index (κ1) is 14.1. The standard InChI is InChI=1S/C17H21N3O2S/c1-2-13(23-7-1)9-20-6-5-12-8-14(21-15(12)10-20)17-19-18-16(22-17)11-3-4-11/h1-2,7,11-12,14-15H,3-6,8-10H2/t12-,14+,15+/m1/s1. The molecular weight excluding hydrogens is 310 g/mol. The first-order chi connectivity index (χ1) is 11.3. The molecule has 2 saturated heterocycles. The van der Waals surface area contributed by atoms with E-state index >= 15 is 0 Å². The zero-order valence-corrected chi connectivity index (χ0v) is 13.9. The van der Waals surface area contributed by atoms with Gasteiger partial charge in [-0.2, -0.15) is 0 Å². The minimum absolute atomic E-state index is 0.00619. The number of likely N-dealkylation sites (tertiary alicyclic amines) is 1. The second kappa shape index (κ2) is 5.69. The predicted molar refractivity (Wildman–Crippen MR) is 86.2 cm³/mol. The summed E-state index contributed by atoms with van der Waals surface area (Å²) >= 11 is 1.83. The molecule has 0 unspecified atom stereocenters. The number of piperidine rings is 1. The van der Waals surface area contributed by atoms with E-state index in [4.69, 9.17) is 9.15 Å². The van der Waals surface area contributed by atoms with Crippen LogP contribution in [0, 0.1) is 5.92 Å². The molecule has 0 amide bonds. The van der Waals surface area contributed by atoms with Crippen LogP contribution in [0.3, 0.4) is 0 Å². The molecule has 6 heteroatoms. The quantitative estimate of drug-likeness (QED) is 0.860. The summed E-state index contributed by atoms with van der Waals surface area (Å²) in [5.74, 6) is 2.67. The van der Waals surface area contributed by atoms with Crippen LogP contribution < -0.4 is 0 Å². The number of hydrogen-bond donors (Lipinski definition) is 0. The van der Waals surface area contributed by atoms with Crippen molar-refractivity contribution in [1.29, 1.82) is 0 Å². The van der Waals surface area contributed by atoms with E-state index in [9.17, 15) is 0 Å². The second-order valence-electron chi connectivity index (χ2n) is 7.01. The van der Waals surface area contributed by atoms with Crippen molar-refractivity contribution < 1.29 is 9.15 Å². The Kier molecular flexibility index (Phi) is 3.49. The lowest BCUT2D eigenvalue weighted by Crippen LogP contribution is -2.41. The first-order valence-electron chi connectivity index (χ1n) is 8.58. The highest BCUT2D eigenvalue weighted by Gasteiger charge is 2.42. The van der Waals surface area contributed by atoms with Crippen LogP contribution >= 0.6 is 11.3 Å². The minimum Gasteiger partial charge on any atom is -0.422 e. The number of aromatic nitrogens is 2. The molecule has 122 valence electrons. The van der Waals surface area contributed by atoms with E-state index in [-0.39, 0.29) is 6.10 Å². The average Bonchev–Trinajstić information content (AvgIpc) is 2.99. The van der Waals surface area contributed by atoms with Gasteiger partial charge in [-0.1, -0.05) is 6.07 Å². The van der Waals surface area contributed by atoms with Gasteiger partial charge in [0.15, 0.2) is 0 Å². The third-order valence-electron chi connectivity index (χ3n) is 5.25. The number of nitrogens with zero attached hydrogens (tertiary/aromatic N) is 3. The van der Waals surface area contributed by atoms with Gasteiger partial charge >= 0.3 is 0 Å². The summed E-state index contributed by atoms with van der Waals surface area (Å²) in [6, 6.07) is 4.34. The van der Waals surface area contributed by atoms with E-state index in [1.54, 1.807) is 0 Å². The highest BCUT2D eigenvalue weighted by Crippen LogP contribution is 2.43. The molecule has 5 nitrogen and oxygen atoms in total. The van der Waals surface area contributed by atoms with Crippen LogP contribution in [-0.4, -0.2) is 34.3 Å². The maximum absolute atomic E-state index is 6.28. The van der Waals surface area contributed by atoms with E-state index in [2.05, 4.69) is 32.6 Å². The van der Waals surface area contributed by atoms with Crippen LogP contribution in [0.15, 0.2) is 21.9 Å². The Morgan fingerprint density at radius 1 is 1.22 bits per heavy atom. The summed E-state index contributed by atoms with van der Waals surface area (Å²) in [6.07, 6.45) is 4.93. The molecular formula is C17H21N3O2S. The maximum atomic E-state index is 6.28. The Morgan fingerprint density at radius 3 is 2.96 bits per heavy atom. The van der Waals surface area contributed by atoms with Gasteiger partial charge < -0.3 is 9.15 Å². The lowest BCUT2D eigenvalue weighted by atomic mass is 9.92. The monoisotopic (exact) mass is 331 g/mol.